The van der Waals surface area contributed by atoms with E-state index in [-0.39, 0.29) is 12.3 Å². The van der Waals surface area contributed by atoms with Crippen molar-refractivity contribution in [3.8, 4) is 0 Å². The van der Waals surface area contributed by atoms with Gasteiger partial charge < -0.3 is 5.11 Å². The zero-order chi connectivity index (χ0) is 13.3. The predicted molar refractivity (Wildman–Crippen MR) is 68.2 cm³/mol. The van der Waals surface area contributed by atoms with Crippen molar-refractivity contribution in [1.82, 2.24) is 0 Å². The highest BCUT2D eigenvalue weighted by Crippen LogP contribution is 2.36. The van der Waals surface area contributed by atoms with Crippen LogP contribution in [-0.2, 0) is 14.8 Å². The molecule has 98 valence electrons. The number of benzene rings is 1. The summed E-state index contributed by atoms with van der Waals surface area (Å²) in [7, 11) is -3.34. The second-order valence-electron chi connectivity index (χ2n) is 4.21. The molecule has 0 saturated carbocycles. The molecule has 0 amide bonds. The van der Waals surface area contributed by atoms with Crippen LogP contribution in [0.3, 0.4) is 0 Å². The Labute approximate surface area is 106 Å². The minimum Gasteiger partial charge on any atom is -0.481 e. The van der Waals surface area contributed by atoms with Crippen molar-refractivity contribution < 1.29 is 18.3 Å². The van der Waals surface area contributed by atoms with Crippen LogP contribution in [0.4, 0.5) is 5.69 Å². The maximum atomic E-state index is 12.0. The summed E-state index contributed by atoms with van der Waals surface area (Å²) in [6.07, 6.45) is 0.311. The summed E-state index contributed by atoms with van der Waals surface area (Å²) >= 11 is 0. The van der Waals surface area contributed by atoms with E-state index in [0.717, 1.165) is 0 Å². The number of carbonyl (C=O) groups is 1. The number of para-hydroxylation sites is 1. The van der Waals surface area contributed by atoms with Gasteiger partial charge in [-0.1, -0.05) is 18.2 Å². The lowest BCUT2D eigenvalue weighted by Gasteiger charge is -2.33. The van der Waals surface area contributed by atoms with Gasteiger partial charge in [0.05, 0.1) is 17.4 Å². The molecular formula is C12H15NO4S. The zero-order valence-electron chi connectivity index (χ0n) is 10.0. The van der Waals surface area contributed by atoms with E-state index in [9.17, 15) is 13.2 Å². The Bertz CT molecular complexity index is 567. The number of hydrogen-bond donors (Lipinski definition) is 1. The third-order valence-electron chi connectivity index (χ3n) is 3.20. The van der Waals surface area contributed by atoms with Gasteiger partial charge in [0.25, 0.3) is 0 Å². The van der Waals surface area contributed by atoms with E-state index in [1.165, 1.54) is 4.31 Å². The van der Waals surface area contributed by atoms with E-state index in [1.54, 1.807) is 31.2 Å². The molecule has 0 saturated heterocycles. The summed E-state index contributed by atoms with van der Waals surface area (Å²) in [4.78, 5) is 11.2. The maximum absolute atomic E-state index is 12.0. The second-order valence-corrected chi connectivity index (χ2v) is 6.39. The first-order chi connectivity index (χ1) is 8.47. The van der Waals surface area contributed by atoms with Gasteiger partial charge in [-0.25, -0.2) is 8.42 Å². The average molecular weight is 269 g/mol. The Balaban J connectivity index is 2.53. The lowest BCUT2D eigenvalue weighted by Crippen LogP contribution is -2.38. The quantitative estimate of drug-likeness (QED) is 0.900. The van der Waals surface area contributed by atoms with Gasteiger partial charge in [0.2, 0.25) is 10.0 Å². The molecule has 0 aromatic heterocycles. The van der Waals surface area contributed by atoms with Crippen molar-refractivity contribution >= 4 is 21.7 Å². The summed E-state index contributed by atoms with van der Waals surface area (Å²) < 4.78 is 25.3. The summed E-state index contributed by atoms with van der Waals surface area (Å²) in [6.45, 7) is 1.81. The number of carboxylic acids is 1. The maximum Gasteiger partial charge on any atom is 0.311 e. The third kappa shape index (κ3) is 2.08. The van der Waals surface area contributed by atoms with E-state index >= 15 is 0 Å². The summed E-state index contributed by atoms with van der Waals surface area (Å²) in [5.74, 6) is -1.51. The molecular weight excluding hydrogens is 254 g/mol. The monoisotopic (exact) mass is 269 g/mol. The number of anilines is 1. The van der Waals surface area contributed by atoms with Crippen LogP contribution in [0.2, 0.25) is 0 Å². The first-order valence-electron chi connectivity index (χ1n) is 5.79. The Kier molecular flexibility index (Phi) is 3.30. The molecule has 5 nitrogen and oxygen atoms in total. The van der Waals surface area contributed by atoms with E-state index in [4.69, 9.17) is 5.11 Å². The Hall–Kier alpha value is -1.56. The topological polar surface area (TPSA) is 74.7 Å². The first-order valence-corrected chi connectivity index (χ1v) is 7.40. The highest BCUT2D eigenvalue weighted by molar-refractivity contribution is 7.92. The number of sulfonamides is 1. The molecule has 0 bridgehead atoms. The Morgan fingerprint density at radius 2 is 2.11 bits per heavy atom. The normalized spacial score (nSPS) is 19.4. The highest BCUT2D eigenvalue weighted by atomic mass is 32.2. The van der Waals surface area contributed by atoms with Crippen LogP contribution in [0.1, 0.15) is 24.8 Å². The number of aliphatic carboxylic acids is 1. The number of rotatable bonds is 3. The average Bonchev–Trinajstić information content (AvgIpc) is 2.37. The summed E-state index contributed by atoms with van der Waals surface area (Å²) in [5.41, 5.74) is 1.08. The zero-order valence-corrected chi connectivity index (χ0v) is 10.9. The van der Waals surface area contributed by atoms with Gasteiger partial charge in [-0.15, -0.1) is 0 Å². The van der Waals surface area contributed by atoms with Gasteiger partial charge >= 0.3 is 5.97 Å². The standard InChI is InChI=1S/C12H15NO4S/c1-2-18(16,17)13-8-7-10(12(14)15)9-5-3-4-6-11(9)13/h3-6,10H,2,7-8H2,1H3,(H,14,15). The SMILES string of the molecule is CCS(=O)(=O)N1CCC(C(=O)O)c2ccccc21. The largest absolute Gasteiger partial charge is 0.481 e. The number of carboxylic acid groups (broad SMARTS) is 1. The van der Waals surface area contributed by atoms with Crippen molar-refractivity contribution in [2.45, 2.75) is 19.3 Å². The molecule has 0 aliphatic carbocycles. The fraction of sp³-hybridized carbons (Fsp3) is 0.417. The molecule has 0 fully saturated rings. The van der Waals surface area contributed by atoms with E-state index in [0.29, 0.717) is 17.7 Å². The van der Waals surface area contributed by atoms with Crippen molar-refractivity contribution in [3.05, 3.63) is 29.8 Å². The molecule has 1 heterocycles. The smallest absolute Gasteiger partial charge is 0.311 e. The van der Waals surface area contributed by atoms with Crippen LogP contribution in [0.25, 0.3) is 0 Å². The van der Waals surface area contributed by atoms with Crippen LogP contribution in [0.5, 0.6) is 0 Å². The molecule has 1 aromatic carbocycles. The van der Waals surface area contributed by atoms with Gasteiger partial charge in [0, 0.05) is 6.54 Å². The molecule has 1 aliphatic rings. The lowest BCUT2D eigenvalue weighted by molar-refractivity contribution is -0.139. The molecule has 18 heavy (non-hydrogen) atoms. The number of fused-ring (bicyclic) bond motifs is 1. The van der Waals surface area contributed by atoms with E-state index < -0.39 is 21.9 Å². The van der Waals surface area contributed by atoms with Crippen molar-refractivity contribution in [3.63, 3.8) is 0 Å². The van der Waals surface area contributed by atoms with E-state index in [2.05, 4.69) is 0 Å². The summed E-state index contributed by atoms with van der Waals surface area (Å²) in [6, 6.07) is 6.81. The fourth-order valence-corrected chi connectivity index (χ4v) is 3.39. The molecule has 1 atom stereocenters. The van der Waals surface area contributed by atoms with Crippen molar-refractivity contribution in [1.29, 1.82) is 0 Å². The summed E-state index contributed by atoms with van der Waals surface area (Å²) in [5, 5.41) is 9.16. The van der Waals surface area contributed by atoms with Crippen LogP contribution in [0, 0.1) is 0 Å². The molecule has 6 heteroatoms. The minimum atomic E-state index is -3.34. The van der Waals surface area contributed by atoms with E-state index in [1.807, 2.05) is 0 Å². The Morgan fingerprint density at radius 1 is 1.44 bits per heavy atom. The van der Waals surface area contributed by atoms with Crippen molar-refractivity contribution in [2.24, 2.45) is 0 Å². The molecule has 2 rings (SSSR count). The third-order valence-corrected chi connectivity index (χ3v) is 4.98. The molecule has 1 unspecified atom stereocenters. The van der Waals surface area contributed by atoms with Gasteiger partial charge in [0.1, 0.15) is 0 Å². The molecule has 0 radical (unpaired) electrons. The minimum absolute atomic E-state index is 0.0130. The lowest BCUT2D eigenvalue weighted by atomic mass is 9.91. The van der Waals surface area contributed by atoms with Gasteiger partial charge in [0.15, 0.2) is 0 Å². The van der Waals surface area contributed by atoms with Crippen LogP contribution in [0.15, 0.2) is 24.3 Å². The van der Waals surface area contributed by atoms with Crippen LogP contribution < -0.4 is 4.31 Å². The van der Waals surface area contributed by atoms with Gasteiger partial charge in [-0.05, 0) is 25.0 Å². The van der Waals surface area contributed by atoms with Crippen molar-refractivity contribution in [2.75, 3.05) is 16.6 Å². The highest BCUT2D eigenvalue weighted by Gasteiger charge is 2.33. The van der Waals surface area contributed by atoms with Gasteiger partial charge in [-0.3, -0.25) is 9.10 Å². The molecule has 1 N–H and O–H groups in total. The van der Waals surface area contributed by atoms with Crippen LogP contribution >= 0.6 is 0 Å². The molecule has 1 aromatic rings. The number of nitrogens with zero attached hydrogens (tertiary/aromatic N) is 1. The number of hydrogen-bond acceptors (Lipinski definition) is 3. The fourth-order valence-electron chi connectivity index (χ4n) is 2.23. The Morgan fingerprint density at radius 3 is 2.72 bits per heavy atom. The second kappa shape index (κ2) is 4.61. The van der Waals surface area contributed by atoms with Crippen LogP contribution in [-0.4, -0.2) is 31.8 Å². The predicted octanol–water partition coefficient (Wildman–Crippen LogP) is 1.41. The molecule has 0 spiro atoms. The molecule has 1 aliphatic heterocycles. The van der Waals surface area contributed by atoms with Gasteiger partial charge in [-0.2, -0.15) is 0 Å². The first kappa shape index (κ1) is 12.9.